The fourth-order valence-corrected chi connectivity index (χ4v) is 0.564. The van der Waals surface area contributed by atoms with Crippen molar-refractivity contribution >= 4 is 0 Å². The van der Waals surface area contributed by atoms with Crippen molar-refractivity contribution in [2.45, 2.75) is 33.3 Å². The summed E-state index contributed by atoms with van der Waals surface area (Å²) >= 11 is 0. The second-order valence-electron chi connectivity index (χ2n) is 2.36. The van der Waals surface area contributed by atoms with Gasteiger partial charge in [-0.2, -0.15) is 0 Å². The van der Waals surface area contributed by atoms with Crippen LogP contribution in [0.5, 0.6) is 0 Å². The lowest BCUT2D eigenvalue weighted by atomic mass is 10.2. The molecule has 0 spiro atoms. The lowest BCUT2D eigenvalue weighted by Crippen LogP contribution is -1.97. The Kier molecular flexibility index (Phi) is 4.70. The van der Waals surface area contributed by atoms with Gasteiger partial charge in [-0.15, -0.1) is 5.92 Å². The second-order valence-corrected chi connectivity index (χ2v) is 2.36. The Bertz CT molecular complexity index is 165. The van der Waals surface area contributed by atoms with Crippen LogP contribution in [0.1, 0.15) is 27.2 Å². The molecule has 1 atom stereocenters. The van der Waals surface area contributed by atoms with Gasteiger partial charge in [0, 0.05) is 6.42 Å². The quantitative estimate of drug-likeness (QED) is 0.432. The summed E-state index contributed by atoms with van der Waals surface area (Å²) in [4.78, 5) is 0. The average molecular weight is 138 g/mol. The number of aliphatic hydroxyl groups excluding tert-OH is 1. The van der Waals surface area contributed by atoms with Crippen molar-refractivity contribution in [1.29, 1.82) is 0 Å². The van der Waals surface area contributed by atoms with Gasteiger partial charge in [0.1, 0.15) is 6.10 Å². The number of hydrogen-bond acceptors (Lipinski definition) is 1. The Labute approximate surface area is 62.8 Å². The van der Waals surface area contributed by atoms with Crippen LogP contribution >= 0.6 is 0 Å². The fraction of sp³-hybridized carbons (Fsp3) is 0.556. The van der Waals surface area contributed by atoms with E-state index in [1.807, 2.05) is 20.8 Å². The minimum absolute atomic E-state index is 0.579. The molecule has 0 aromatic rings. The first kappa shape index (κ1) is 9.26. The van der Waals surface area contributed by atoms with Crippen LogP contribution in [0.15, 0.2) is 11.6 Å². The first-order valence-corrected chi connectivity index (χ1v) is 3.48. The molecular weight excluding hydrogens is 124 g/mol. The lowest BCUT2D eigenvalue weighted by Gasteiger charge is -1.93. The summed E-state index contributed by atoms with van der Waals surface area (Å²) in [5.41, 5.74) is 1.10. The molecule has 0 fully saturated rings. The van der Waals surface area contributed by atoms with Crippen molar-refractivity contribution in [1.82, 2.24) is 0 Å². The predicted molar refractivity (Wildman–Crippen MR) is 43.5 cm³/mol. The van der Waals surface area contributed by atoms with Crippen LogP contribution in [-0.4, -0.2) is 11.2 Å². The van der Waals surface area contributed by atoms with Crippen LogP contribution in [0.4, 0.5) is 0 Å². The van der Waals surface area contributed by atoms with Crippen LogP contribution < -0.4 is 0 Å². The van der Waals surface area contributed by atoms with Crippen LogP contribution in [-0.2, 0) is 0 Å². The van der Waals surface area contributed by atoms with Crippen molar-refractivity contribution in [3.05, 3.63) is 11.6 Å². The first-order chi connectivity index (χ1) is 4.66. The van der Waals surface area contributed by atoms with Gasteiger partial charge in [0.15, 0.2) is 0 Å². The maximum absolute atomic E-state index is 9.10. The van der Waals surface area contributed by atoms with E-state index in [2.05, 4.69) is 11.8 Å². The number of rotatable bonds is 1. The molecule has 0 aromatic heterocycles. The van der Waals surface area contributed by atoms with Crippen LogP contribution in [0, 0.1) is 11.8 Å². The van der Waals surface area contributed by atoms with Gasteiger partial charge in [-0.3, -0.25) is 0 Å². The van der Waals surface area contributed by atoms with E-state index in [-0.39, 0.29) is 0 Å². The highest BCUT2D eigenvalue weighted by Crippen LogP contribution is 1.92. The van der Waals surface area contributed by atoms with Crippen molar-refractivity contribution in [2.75, 3.05) is 0 Å². The molecule has 0 saturated heterocycles. The van der Waals surface area contributed by atoms with Gasteiger partial charge < -0.3 is 5.11 Å². The van der Waals surface area contributed by atoms with Gasteiger partial charge in [0.05, 0.1) is 0 Å². The van der Waals surface area contributed by atoms with Crippen molar-refractivity contribution in [2.24, 2.45) is 0 Å². The highest BCUT2D eigenvalue weighted by molar-refractivity contribution is 5.14. The fourth-order valence-electron chi connectivity index (χ4n) is 0.564. The highest BCUT2D eigenvalue weighted by Gasteiger charge is 1.89. The number of aliphatic hydroxyl groups is 1. The Hall–Kier alpha value is -0.740. The van der Waals surface area contributed by atoms with Gasteiger partial charge in [-0.05, 0) is 19.9 Å². The van der Waals surface area contributed by atoms with E-state index in [0.717, 1.165) is 12.0 Å². The van der Waals surface area contributed by atoms with E-state index in [1.54, 1.807) is 6.08 Å². The summed E-state index contributed by atoms with van der Waals surface area (Å²) < 4.78 is 0. The molecule has 56 valence electrons. The van der Waals surface area contributed by atoms with E-state index in [1.165, 1.54) is 0 Å². The minimum Gasteiger partial charge on any atom is -0.377 e. The largest absolute Gasteiger partial charge is 0.377 e. The molecule has 1 unspecified atom stereocenters. The van der Waals surface area contributed by atoms with Gasteiger partial charge >= 0.3 is 0 Å². The molecule has 1 heteroatoms. The minimum atomic E-state index is -0.579. The molecule has 0 aliphatic heterocycles. The summed E-state index contributed by atoms with van der Waals surface area (Å²) in [6.07, 6.45) is 1.96. The molecular formula is C9H14O. The summed E-state index contributed by atoms with van der Waals surface area (Å²) in [5.74, 6) is 5.50. The molecule has 0 bridgehead atoms. The molecule has 1 nitrogen and oxygen atoms in total. The first-order valence-electron chi connectivity index (χ1n) is 3.48. The normalized spacial score (nSPS) is 11.2. The van der Waals surface area contributed by atoms with Gasteiger partial charge in [0.2, 0.25) is 0 Å². The van der Waals surface area contributed by atoms with E-state index < -0.39 is 6.10 Å². The maximum atomic E-state index is 9.10. The molecule has 10 heavy (non-hydrogen) atoms. The van der Waals surface area contributed by atoms with E-state index in [4.69, 9.17) is 5.11 Å². The molecule has 0 radical (unpaired) electrons. The Morgan fingerprint density at radius 3 is 2.60 bits per heavy atom. The Morgan fingerprint density at radius 1 is 1.60 bits per heavy atom. The summed E-state index contributed by atoms with van der Waals surface area (Å²) in [5, 5.41) is 9.10. The predicted octanol–water partition coefficient (Wildman–Crippen LogP) is 1.73. The van der Waals surface area contributed by atoms with E-state index in [0.29, 0.717) is 0 Å². The summed E-state index contributed by atoms with van der Waals surface area (Å²) in [6.45, 7) is 5.84. The van der Waals surface area contributed by atoms with Gasteiger partial charge in [-0.25, -0.2) is 0 Å². The van der Waals surface area contributed by atoms with Crippen molar-refractivity contribution < 1.29 is 5.11 Å². The zero-order valence-corrected chi connectivity index (χ0v) is 6.81. The monoisotopic (exact) mass is 138 g/mol. The third kappa shape index (κ3) is 5.40. The molecule has 0 aromatic carbocycles. The van der Waals surface area contributed by atoms with Crippen LogP contribution in [0.2, 0.25) is 0 Å². The topological polar surface area (TPSA) is 20.2 Å². The van der Waals surface area contributed by atoms with E-state index >= 15 is 0 Å². The second kappa shape index (κ2) is 5.08. The average Bonchev–Trinajstić information content (AvgIpc) is 1.82. The SMILES string of the molecule is CCC#CC(O)C=C(C)C. The molecule has 0 amide bonds. The molecule has 0 aliphatic rings. The molecule has 0 rings (SSSR count). The van der Waals surface area contributed by atoms with Crippen molar-refractivity contribution in [3.63, 3.8) is 0 Å². The third-order valence-electron chi connectivity index (χ3n) is 0.918. The number of allylic oxidation sites excluding steroid dienone is 1. The summed E-state index contributed by atoms with van der Waals surface area (Å²) in [6, 6.07) is 0. The maximum Gasteiger partial charge on any atom is 0.133 e. The van der Waals surface area contributed by atoms with Gasteiger partial charge in [-0.1, -0.05) is 18.4 Å². The van der Waals surface area contributed by atoms with Crippen LogP contribution in [0.3, 0.4) is 0 Å². The lowest BCUT2D eigenvalue weighted by molar-refractivity contribution is 0.279. The van der Waals surface area contributed by atoms with Crippen LogP contribution in [0.25, 0.3) is 0 Å². The smallest absolute Gasteiger partial charge is 0.133 e. The third-order valence-corrected chi connectivity index (χ3v) is 0.918. The van der Waals surface area contributed by atoms with E-state index in [9.17, 15) is 0 Å². The van der Waals surface area contributed by atoms with Gasteiger partial charge in [0.25, 0.3) is 0 Å². The standard InChI is InChI=1S/C9H14O/c1-4-5-6-9(10)7-8(2)3/h7,9-10H,4H2,1-3H3. The molecule has 0 heterocycles. The Balaban J connectivity index is 3.86. The molecule has 0 saturated carbocycles. The highest BCUT2D eigenvalue weighted by atomic mass is 16.3. The zero-order chi connectivity index (χ0) is 7.98. The summed E-state index contributed by atoms with van der Waals surface area (Å²) in [7, 11) is 0. The number of hydrogen-bond donors (Lipinski definition) is 1. The molecule has 0 aliphatic carbocycles. The zero-order valence-electron chi connectivity index (χ0n) is 6.81. The Morgan fingerprint density at radius 2 is 2.20 bits per heavy atom. The van der Waals surface area contributed by atoms with Crippen molar-refractivity contribution in [3.8, 4) is 11.8 Å². The molecule has 1 N–H and O–H groups in total.